The van der Waals surface area contributed by atoms with Gasteiger partial charge in [0.2, 0.25) is 0 Å². The Bertz CT molecular complexity index is 345. The summed E-state index contributed by atoms with van der Waals surface area (Å²) in [6.45, 7) is 3.47. The van der Waals surface area contributed by atoms with Crippen molar-refractivity contribution >= 4 is 5.91 Å². The highest BCUT2D eigenvalue weighted by Gasteiger charge is 2.36. The van der Waals surface area contributed by atoms with Crippen LogP contribution in [-0.4, -0.2) is 30.8 Å². The van der Waals surface area contributed by atoms with Gasteiger partial charge in [0.15, 0.2) is 0 Å². The number of aliphatic hydroxyl groups is 1. The molecule has 2 N–H and O–H groups in total. The Kier molecular flexibility index (Phi) is 4.27. The summed E-state index contributed by atoms with van der Waals surface area (Å²) in [6, 6.07) is 0. The van der Waals surface area contributed by atoms with Gasteiger partial charge in [-0.1, -0.05) is 6.42 Å². The lowest BCUT2D eigenvalue weighted by Gasteiger charge is -2.41. The Morgan fingerprint density at radius 2 is 2.22 bits per heavy atom. The van der Waals surface area contributed by atoms with Crippen LogP contribution in [0.4, 0.5) is 0 Å². The number of amides is 1. The first-order valence-electron chi connectivity index (χ1n) is 6.88. The predicted octanol–water partition coefficient (Wildman–Crippen LogP) is 1.74. The molecule has 0 bridgehead atoms. The molecule has 0 spiro atoms. The molecule has 1 aliphatic heterocycles. The summed E-state index contributed by atoms with van der Waals surface area (Å²) in [7, 11) is 0. The maximum atomic E-state index is 12.1. The molecular formula is C14H23NO3. The maximum Gasteiger partial charge on any atom is 0.250 e. The number of rotatable bonds is 5. The number of allylic oxidation sites excluding steroid dienone is 1. The number of carbonyl (C=O) groups excluding carboxylic acids is 1. The number of hydrogen-bond donors (Lipinski definition) is 2. The van der Waals surface area contributed by atoms with Crippen molar-refractivity contribution in [3.8, 4) is 0 Å². The van der Waals surface area contributed by atoms with Crippen LogP contribution in [0.1, 0.15) is 45.4 Å². The number of carbonyl (C=O) groups is 1. The van der Waals surface area contributed by atoms with Crippen LogP contribution in [0.3, 0.4) is 0 Å². The number of aliphatic hydroxyl groups excluding tert-OH is 1. The molecule has 2 rings (SSSR count). The van der Waals surface area contributed by atoms with Crippen molar-refractivity contribution in [1.82, 2.24) is 5.32 Å². The number of ether oxygens (including phenoxy) is 1. The van der Waals surface area contributed by atoms with Gasteiger partial charge in [-0.15, -0.1) is 0 Å². The third-order valence-corrected chi connectivity index (χ3v) is 4.27. The number of hydrogen-bond acceptors (Lipinski definition) is 3. The summed E-state index contributed by atoms with van der Waals surface area (Å²) in [5.74, 6) is 0.778. The number of nitrogens with one attached hydrogen (secondary N) is 1. The van der Waals surface area contributed by atoms with E-state index < -0.39 is 0 Å². The molecular weight excluding hydrogens is 230 g/mol. The molecule has 0 aromatic heterocycles. The normalized spacial score (nSPS) is 22.1. The van der Waals surface area contributed by atoms with E-state index in [9.17, 15) is 4.79 Å². The third-order valence-electron chi connectivity index (χ3n) is 4.27. The van der Waals surface area contributed by atoms with Crippen molar-refractivity contribution in [1.29, 1.82) is 0 Å². The van der Waals surface area contributed by atoms with Crippen LogP contribution in [0.15, 0.2) is 11.3 Å². The van der Waals surface area contributed by atoms with Crippen molar-refractivity contribution in [2.45, 2.75) is 45.4 Å². The fourth-order valence-electron chi connectivity index (χ4n) is 2.81. The van der Waals surface area contributed by atoms with E-state index in [0.29, 0.717) is 6.54 Å². The van der Waals surface area contributed by atoms with Gasteiger partial charge in [-0.25, -0.2) is 0 Å². The molecule has 0 aromatic rings. The Balaban J connectivity index is 1.88. The first-order valence-corrected chi connectivity index (χ1v) is 6.88. The SMILES string of the molecule is CC1=C(C(=O)NCC2(CCO)CCC2)CCCO1. The largest absolute Gasteiger partial charge is 0.498 e. The van der Waals surface area contributed by atoms with Gasteiger partial charge in [0.25, 0.3) is 5.91 Å². The minimum absolute atomic E-state index is 0.0106. The van der Waals surface area contributed by atoms with Gasteiger partial charge < -0.3 is 15.2 Å². The zero-order valence-corrected chi connectivity index (χ0v) is 11.1. The molecule has 1 fully saturated rings. The summed E-state index contributed by atoms with van der Waals surface area (Å²) in [4.78, 5) is 12.1. The van der Waals surface area contributed by atoms with E-state index in [4.69, 9.17) is 9.84 Å². The first kappa shape index (κ1) is 13.4. The molecule has 0 unspecified atom stereocenters. The maximum absolute atomic E-state index is 12.1. The topological polar surface area (TPSA) is 58.6 Å². The van der Waals surface area contributed by atoms with Crippen LogP contribution in [0.5, 0.6) is 0 Å². The van der Waals surface area contributed by atoms with Crippen LogP contribution in [-0.2, 0) is 9.53 Å². The quantitative estimate of drug-likeness (QED) is 0.784. The molecule has 102 valence electrons. The summed E-state index contributed by atoms with van der Waals surface area (Å²) in [5, 5.41) is 12.1. The standard InChI is InChI=1S/C14H23NO3/c1-11-12(4-2-9-18-11)13(17)15-10-14(7-8-16)5-3-6-14/h16H,2-10H2,1H3,(H,15,17). The van der Waals surface area contributed by atoms with Crippen LogP contribution < -0.4 is 5.32 Å². The van der Waals surface area contributed by atoms with Crippen LogP contribution in [0, 0.1) is 5.41 Å². The monoisotopic (exact) mass is 253 g/mol. The predicted molar refractivity (Wildman–Crippen MR) is 68.9 cm³/mol. The fraction of sp³-hybridized carbons (Fsp3) is 0.786. The van der Waals surface area contributed by atoms with Crippen LogP contribution >= 0.6 is 0 Å². The van der Waals surface area contributed by atoms with E-state index in [2.05, 4.69) is 5.32 Å². The van der Waals surface area contributed by atoms with E-state index in [0.717, 1.165) is 50.0 Å². The Morgan fingerprint density at radius 3 is 2.78 bits per heavy atom. The molecule has 1 amide bonds. The van der Waals surface area contributed by atoms with E-state index in [-0.39, 0.29) is 17.9 Å². The molecule has 0 atom stereocenters. The molecule has 0 aromatic carbocycles. The summed E-state index contributed by atoms with van der Waals surface area (Å²) < 4.78 is 5.41. The van der Waals surface area contributed by atoms with Gasteiger partial charge in [0, 0.05) is 13.2 Å². The summed E-state index contributed by atoms with van der Waals surface area (Å²) in [6.07, 6.45) is 5.96. The van der Waals surface area contributed by atoms with Crippen molar-refractivity contribution in [3.05, 3.63) is 11.3 Å². The Labute approximate surface area is 108 Å². The van der Waals surface area contributed by atoms with Gasteiger partial charge >= 0.3 is 0 Å². The summed E-state index contributed by atoms with van der Waals surface area (Å²) in [5.41, 5.74) is 0.939. The molecule has 0 saturated heterocycles. The van der Waals surface area contributed by atoms with Gasteiger partial charge in [0.1, 0.15) is 5.76 Å². The summed E-state index contributed by atoms with van der Waals surface area (Å²) >= 11 is 0. The van der Waals surface area contributed by atoms with Gasteiger partial charge in [0.05, 0.1) is 12.2 Å². The zero-order valence-electron chi connectivity index (χ0n) is 11.1. The highest BCUT2D eigenvalue weighted by atomic mass is 16.5. The van der Waals surface area contributed by atoms with E-state index in [1.54, 1.807) is 0 Å². The molecule has 1 heterocycles. The molecule has 4 heteroatoms. The minimum atomic E-state index is 0.0106. The van der Waals surface area contributed by atoms with E-state index in [1.807, 2.05) is 6.92 Å². The molecule has 0 radical (unpaired) electrons. The molecule has 1 saturated carbocycles. The van der Waals surface area contributed by atoms with Crippen molar-refractivity contribution in [3.63, 3.8) is 0 Å². The Hall–Kier alpha value is -1.03. The van der Waals surface area contributed by atoms with Gasteiger partial charge in [-0.2, -0.15) is 0 Å². The Morgan fingerprint density at radius 1 is 1.44 bits per heavy atom. The van der Waals surface area contributed by atoms with E-state index in [1.165, 1.54) is 6.42 Å². The zero-order chi connectivity index (χ0) is 13.0. The van der Waals surface area contributed by atoms with Crippen LogP contribution in [0.2, 0.25) is 0 Å². The highest BCUT2D eigenvalue weighted by Crippen LogP contribution is 2.43. The molecule has 1 aliphatic carbocycles. The minimum Gasteiger partial charge on any atom is -0.498 e. The van der Waals surface area contributed by atoms with Gasteiger partial charge in [-0.05, 0) is 44.4 Å². The van der Waals surface area contributed by atoms with E-state index >= 15 is 0 Å². The average molecular weight is 253 g/mol. The lowest BCUT2D eigenvalue weighted by atomic mass is 9.67. The molecule has 18 heavy (non-hydrogen) atoms. The second-order valence-electron chi connectivity index (χ2n) is 5.50. The van der Waals surface area contributed by atoms with Crippen molar-refractivity contribution in [2.24, 2.45) is 5.41 Å². The molecule has 2 aliphatic rings. The fourth-order valence-corrected chi connectivity index (χ4v) is 2.81. The van der Waals surface area contributed by atoms with Crippen molar-refractivity contribution < 1.29 is 14.6 Å². The lowest BCUT2D eigenvalue weighted by Crippen LogP contribution is -2.43. The average Bonchev–Trinajstić information content (AvgIpc) is 2.32. The first-order chi connectivity index (χ1) is 8.67. The van der Waals surface area contributed by atoms with Gasteiger partial charge in [-0.3, -0.25) is 4.79 Å². The molecule has 4 nitrogen and oxygen atoms in total. The smallest absolute Gasteiger partial charge is 0.250 e. The highest BCUT2D eigenvalue weighted by molar-refractivity contribution is 5.93. The lowest BCUT2D eigenvalue weighted by molar-refractivity contribution is -0.119. The van der Waals surface area contributed by atoms with Crippen LogP contribution in [0.25, 0.3) is 0 Å². The second kappa shape index (κ2) is 5.74. The van der Waals surface area contributed by atoms with Crippen molar-refractivity contribution in [2.75, 3.05) is 19.8 Å². The second-order valence-corrected chi connectivity index (χ2v) is 5.50. The third kappa shape index (κ3) is 2.86.